The monoisotopic (exact) mass is 198 g/mol. The van der Waals surface area contributed by atoms with Crippen LogP contribution in [0.15, 0.2) is 30.3 Å². The Morgan fingerprint density at radius 2 is 1.25 bits per heavy atom. The number of hydrogen-bond acceptors (Lipinski definition) is 0. The van der Waals surface area contributed by atoms with Gasteiger partial charge in [0.05, 0.1) is 0 Å². The van der Waals surface area contributed by atoms with E-state index in [4.69, 9.17) is 6.42 Å². The Labute approximate surface area is 96.1 Å². The molecular formula is C16H6. The first-order chi connectivity index (χ1) is 7.93. The first kappa shape index (κ1) is 11.1. The van der Waals surface area contributed by atoms with Gasteiger partial charge in [-0.15, -0.1) is 6.42 Å². The molecule has 1 aromatic rings. The maximum absolute atomic E-state index is 4.91. The van der Waals surface area contributed by atoms with Gasteiger partial charge in [0.1, 0.15) is 0 Å². The van der Waals surface area contributed by atoms with Gasteiger partial charge in [-0.05, 0) is 59.5 Å². The van der Waals surface area contributed by atoms with Gasteiger partial charge in [-0.1, -0.05) is 24.1 Å². The van der Waals surface area contributed by atoms with Crippen molar-refractivity contribution in [3.05, 3.63) is 35.9 Å². The molecule has 70 valence electrons. The highest BCUT2D eigenvalue weighted by Gasteiger charge is 1.78. The van der Waals surface area contributed by atoms with Crippen LogP contribution in [0.25, 0.3) is 0 Å². The Morgan fingerprint density at radius 3 is 1.88 bits per heavy atom. The van der Waals surface area contributed by atoms with Crippen molar-refractivity contribution in [2.75, 3.05) is 0 Å². The van der Waals surface area contributed by atoms with Gasteiger partial charge in [0.2, 0.25) is 0 Å². The third kappa shape index (κ3) is 4.90. The molecule has 0 aliphatic carbocycles. The molecule has 0 aliphatic heterocycles. The normalized spacial score (nSPS) is 5.94. The highest BCUT2D eigenvalue weighted by molar-refractivity contribution is 5.44. The molecule has 0 aromatic heterocycles. The Bertz CT molecular complexity index is 625. The zero-order valence-corrected chi connectivity index (χ0v) is 8.46. The van der Waals surface area contributed by atoms with Crippen molar-refractivity contribution in [1.29, 1.82) is 0 Å². The molecule has 0 radical (unpaired) electrons. The molecule has 0 N–H and O–H groups in total. The molecule has 0 fully saturated rings. The van der Waals surface area contributed by atoms with Crippen LogP contribution >= 0.6 is 0 Å². The number of benzene rings is 1. The summed E-state index contributed by atoms with van der Waals surface area (Å²) in [5.41, 5.74) is 0.928. The van der Waals surface area contributed by atoms with E-state index in [0.29, 0.717) is 0 Å². The van der Waals surface area contributed by atoms with Gasteiger partial charge in [-0.3, -0.25) is 0 Å². The number of hydrogen-bond donors (Lipinski definition) is 0. The molecule has 0 bridgehead atoms. The van der Waals surface area contributed by atoms with Gasteiger partial charge in [-0.2, -0.15) is 0 Å². The number of terminal acetylenes is 1. The van der Waals surface area contributed by atoms with E-state index in [-0.39, 0.29) is 0 Å². The van der Waals surface area contributed by atoms with Crippen LogP contribution in [-0.2, 0) is 0 Å². The van der Waals surface area contributed by atoms with E-state index < -0.39 is 0 Å². The summed E-state index contributed by atoms with van der Waals surface area (Å²) in [5.74, 6) is 22.7. The van der Waals surface area contributed by atoms with Crippen molar-refractivity contribution in [2.24, 2.45) is 0 Å². The maximum atomic E-state index is 4.91. The molecule has 0 unspecified atom stereocenters. The minimum atomic E-state index is 0.928. The Kier molecular flexibility index (Phi) is 5.15. The summed E-state index contributed by atoms with van der Waals surface area (Å²) in [5, 5.41) is 0. The second-order valence-electron chi connectivity index (χ2n) is 2.51. The molecule has 0 nitrogen and oxygen atoms in total. The summed E-state index contributed by atoms with van der Waals surface area (Å²) in [4.78, 5) is 0. The van der Waals surface area contributed by atoms with E-state index in [1.807, 2.05) is 30.3 Å². The highest BCUT2D eigenvalue weighted by atomic mass is 13.8. The summed E-state index contributed by atoms with van der Waals surface area (Å²) in [7, 11) is 0. The van der Waals surface area contributed by atoms with Crippen LogP contribution in [-0.4, -0.2) is 0 Å². The lowest BCUT2D eigenvalue weighted by Gasteiger charge is -1.83. The maximum Gasteiger partial charge on any atom is 0.0255 e. The number of rotatable bonds is 0. The molecule has 0 spiro atoms. The average molecular weight is 198 g/mol. The van der Waals surface area contributed by atoms with Crippen LogP contribution in [0.2, 0.25) is 0 Å². The van der Waals surface area contributed by atoms with Crippen molar-refractivity contribution in [3.63, 3.8) is 0 Å². The molecule has 0 aliphatic rings. The van der Waals surface area contributed by atoms with Gasteiger partial charge in [0, 0.05) is 5.56 Å². The molecule has 0 heterocycles. The first-order valence-corrected chi connectivity index (χ1v) is 4.45. The van der Waals surface area contributed by atoms with Gasteiger partial charge >= 0.3 is 0 Å². The highest BCUT2D eigenvalue weighted by Crippen LogP contribution is 1.93. The molecular weight excluding hydrogens is 192 g/mol. The molecule has 1 aromatic carbocycles. The van der Waals surface area contributed by atoms with Crippen LogP contribution in [0.4, 0.5) is 0 Å². The van der Waals surface area contributed by atoms with E-state index >= 15 is 0 Å². The van der Waals surface area contributed by atoms with E-state index in [9.17, 15) is 0 Å². The van der Waals surface area contributed by atoms with Gasteiger partial charge in [0.15, 0.2) is 0 Å². The van der Waals surface area contributed by atoms with Crippen molar-refractivity contribution in [2.45, 2.75) is 0 Å². The second kappa shape index (κ2) is 7.43. The summed E-state index contributed by atoms with van der Waals surface area (Å²) in [6.07, 6.45) is 4.91. The van der Waals surface area contributed by atoms with Crippen molar-refractivity contribution in [1.82, 2.24) is 0 Å². The van der Waals surface area contributed by atoms with Crippen molar-refractivity contribution >= 4 is 0 Å². The molecule has 16 heavy (non-hydrogen) atoms. The van der Waals surface area contributed by atoms with E-state index in [1.165, 1.54) is 0 Å². The van der Waals surface area contributed by atoms with Crippen LogP contribution in [0.1, 0.15) is 5.56 Å². The zero-order chi connectivity index (χ0) is 11.5. The molecule has 0 saturated heterocycles. The lowest BCUT2D eigenvalue weighted by Crippen LogP contribution is -1.68. The van der Waals surface area contributed by atoms with Crippen molar-refractivity contribution < 1.29 is 0 Å². The van der Waals surface area contributed by atoms with Gasteiger partial charge in [0.25, 0.3) is 0 Å². The SMILES string of the molecule is C#CC#CC#CC#CC#Cc1ccccc1. The van der Waals surface area contributed by atoms with E-state index in [0.717, 1.165) is 5.56 Å². The fourth-order valence-corrected chi connectivity index (χ4v) is 0.817. The van der Waals surface area contributed by atoms with Gasteiger partial charge < -0.3 is 0 Å². The Morgan fingerprint density at radius 1 is 0.688 bits per heavy atom. The predicted octanol–water partition coefficient (Wildman–Crippen LogP) is 1.68. The lowest BCUT2D eigenvalue weighted by atomic mass is 10.2. The summed E-state index contributed by atoms with van der Waals surface area (Å²) in [6, 6.07) is 9.61. The van der Waals surface area contributed by atoms with Crippen LogP contribution in [0.3, 0.4) is 0 Å². The summed E-state index contributed by atoms with van der Waals surface area (Å²) >= 11 is 0. The zero-order valence-electron chi connectivity index (χ0n) is 8.46. The topological polar surface area (TPSA) is 0 Å². The molecule has 0 saturated carbocycles. The first-order valence-electron chi connectivity index (χ1n) is 4.45. The third-order valence-corrected chi connectivity index (χ3v) is 1.43. The predicted molar refractivity (Wildman–Crippen MR) is 65.5 cm³/mol. The summed E-state index contributed by atoms with van der Waals surface area (Å²) in [6.45, 7) is 0. The lowest BCUT2D eigenvalue weighted by molar-refractivity contribution is 1.65. The van der Waals surface area contributed by atoms with Crippen LogP contribution < -0.4 is 0 Å². The third-order valence-electron chi connectivity index (χ3n) is 1.43. The average Bonchev–Trinajstić information content (AvgIpc) is 2.34. The van der Waals surface area contributed by atoms with Crippen LogP contribution in [0, 0.1) is 59.7 Å². The largest absolute Gasteiger partial charge is 0.106 e. The van der Waals surface area contributed by atoms with E-state index in [1.54, 1.807) is 0 Å². The smallest absolute Gasteiger partial charge is 0.0255 e. The molecule has 0 atom stereocenters. The Balaban J connectivity index is 2.59. The standard InChI is InChI=1S/C16H6/c1-2-3-4-5-6-7-8-10-13-16-14-11-9-12-15-16/h1,9,11-12,14-15H. The fraction of sp³-hybridized carbons (Fsp3) is 0. The fourth-order valence-electron chi connectivity index (χ4n) is 0.817. The molecule has 0 heteroatoms. The molecule has 0 amide bonds. The quantitative estimate of drug-likeness (QED) is 0.556. The Hall–Kier alpha value is -2.98. The minimum Gasteiger partial charge on any atom is -0.106 e. The van der Waals surface area contributed by atoms with Crippen LogP contribution in [0.5, 0.6) is 0 Å². The molecule has 1 rings (SSSR count). The minimum absolute atomic E-state index is 0.928. The second-order valence-corrected chi connectivity index (χ2v) is 2.51. The van der Waals surface area contributed by atoms with Crippen molar-refractivity contribution in [3.8, 4) is 59.7 Å². The van der Waals surface area contributed by atoms with E-state index in [2.05, 4.69) is 53.3 Å². The summed E-state index contributed by atoms with van der Waals surface area (Å²) < 4.78 is 0. The van der Waals surface area contributed by atoms with Gasteiger partial charge in [-0.25, -0.2) is 0 Å².